The fraction of sp³-hybridized carbons (Fsp3) is 0.158. The lowest BCUT2D eigenvalue weighted by atomic mass is 10.1. The lowest BCUT2D eigenvalue weighted by Crippen LogP contribution is -2.11. The van der Waals surface area contributed by atoms with E-state index in [0.29, 0.717) is 11.5 Å². The Labute approximate surface area is 153 Å². The summed E-state index contributed by atoms with van der Waals surface area (Å²) in [6, 6.07) is 13.0. The highest BCUT2D eigenvalue weighted by Crippen LogP contribution is 2.27. The lowest BCUT2D eigenvalue weighted by Gasteiger charge is -2.11. The van der Waals surface area contributed by atoms with E-state index in [0.717, 1.165) is 21.5 Å². The van der Waals surface area contributed by atoms with Gasteiger partial charge < -0.3 is 9.15 Å². The standard InChI is InChI=1S/C19H15N3O3S/c1-11-10-14(13-6-3-4-7-15(13)20-11)19(23)24-12(2)17-21-22-18(25-17)16-8-5-9-26-16/h3-10,12H,1-2H3/t12-/m0/s1. The van der Waals surface area contributed by atoms with E-state index in [2.05, 4.69) is 15.2 Å². The van der Waals surface area contributed by atoms with Crippen molar-refractivity contribution in [3.05, 3.63) is 65.0 Å². The molecule has 0 bridgehead atoms. The summed E-state index contributed by atoms with van der Waals surface area (Å²) in [5.41, 5.74) is 1.98. The van der Waals surface area contributed by atoms with Gasteiger partial charge >= 0.3 is 5.97 Å². The predicted octanol–water partition coefficient (Wildman–Crippen LogP) is 4.57. The molecule has 26 heavy (non-hydrogen) atoms. The summed E-state index contributed by atoms with van der Waals surface area (Å²) in [5, 5.41) is 10.7. The van der Waals surface area contributed by atoms with Crippen LogP contribution in [0.2, 0.25) is 0 Å². The van der Waals surface area contributed by atoms with Crippen LogP contribution in [0.4, 0.5) is 0 Å². The zero-order valence-corrected chi connectivity index (χ0v) is 15.0. The molecule has 3 aromatic heterocycles. The normalized spacial score (nSPS) is 12.2. The first kappa shape index (κ1) is 16.4. The monoisotopic (exact) mass is 365 g/mol. The summed E-state index contributed by atoms with van der Waals surface area (Å²) in [6.45, 7) is 3.55. The number of carbonyl (C=O) groups excluding carboxylic acids is 1. The van der Waals surface area contributed by atoms with Gasteiger partial charge in [0.2, 0.25) is 0 Å². The highest BCUT2D eigenvalue weighted by molar-refractivity contribution is 7.13. The number of ether oxygens (including phenoxy) is 1. The quantitative estimate of drug-likeness (QED) is 0.493. The third kappa shape index (κ3) is 3.09. The number of fused-ring (bicyclic) bond motifs is 1. The minimum atomic E-state index is -0.657. The van der Waals surface area contributed by atoms with Crippen molar-refractivity contribution < 1.29 is 13.9 Å². The molecule has 4 aromatic rings. The molecule has 0 unspecified atom stereocenters. The fourth-order valence-corrected chi connectivity index (χ4v) is 3.29. The molecule has 0 amide bonds. The van der Waals surface area contributed by atoms with Crippen LogP contribution in [-0.2, 0) is 4.74 Å². The Bertz CT molecular complexity index is 1070. The maximum Gasteiger partial charge on any atom is 0.339 e. The Morgan fingerprint density at radius 1 is 1.19 bits per heavy atom. The topological polar surface area (TPSA) is 78.1 Å². The summed E-state index contributed by atoms with van der Waals surface area (Å²) in [6.07, 6.45) is -0.657. The van der Waals surface area contributed by atoms with E-state index < -0.39 is 12.1 Å². The van der Waals surface area contributed by atoms with Crippen molar-refractivity contribution in [2.75, 3.05) is 0 Å². The SMILES string of the molecule is Cc1cc(C(=O)O[C@@H](C)c2nnc(-c3cccs3)o2)c2ccccc2n1. The van der Waals surface area contributed by atoms with Crippen molar-refractivity contribution >= 4 is 28.2 Å². The van der Waals surface area contributed by atoms with Crippen LogP contribution in [0.15, 0.2) is 52.3 Å². The number of benzene rings is 1. The molecule has 0 fully saturated rings. The zero-order chi connectivity index (χ0) is 18.1. The van der Waals surface area contributed by atoms with Crippen LogP contribution in [0, 0.1) is 6.92 Å². The van der Waals surface area contributed by atoms with E-state index in [-0.39, 0.29) is 5.89 Å². The molecule has 6 nitrogen and oxygen atoms in total. The third-order valence-corrected chi connectivity index (χ3v) is 4.73. The van der Waals surface area contributed by atoms with Gasteiger partial charge in [0.25, 0.3) is 11.8 Å². The smallest absolute Gasteiger partial charge is 0.339 e. The van der Waals surface area contributed by atoms with E-state index in [9.17, 15) is 4.79 Å². The van der Waals surface area contributed by atoms with Crippen molar-refractivity contribution in [1.82, 2.24) is 15.2 Å². The maximum absolute atomic E-state index is 12.7. The van der Waals surface area contributed by atoms with E-state index in [1.165, 1.54) is 11.3 Å². The summed E-state index contributed by atoms with van der Waals surface area (Å²) in [5.74, 6) is 0.231. The number of para-hydroxylation sites is 1. The van der Waals surface area contributed by atoms with Crippen molar-refractivity contribution in [2.45, 2.75) is 20.0 Å². The molecule has 7 heteroatoms. The average Bonchev–Trinajstić information content (AvgIpc) is 3.32. The number of pyridine rings is 1. The second kappa shape index (κ2) is 6.68. The van der Waals surface area contributed by atoms with E-state index in [1.807, 2.05) is 48.7 Å². The van der Waals surface area contributed by atoms with Gasteiger partial charge in [-0.15, -0.1) is 21.5 Å². The minimum absolute atomic E-state index is 0.261. The molecule has 0 N–H and O–H groups in total. The van der Waals surface area contributed by atoms with Crippen molar-refractivity contribution in [2.24, 2.45) is 0 Å². The first-order chi connectivity index (χ1) is 12.6. The maximum atomic E-state index is 12.7. The van der Waals surface area contributed by atoms with Crippen molar-refractivity contribution in [3.8, 4) is 10.8 Å². The molecule has 3 heterocycles. The van der Waals surface area contributed by atoms with Crippen LogP contribution in [0.3, 0.4) is 0 Å². The van der Waals surface area contributed by atoms with Crippen LogP contribution in [0.5, 0.6) is 0 Å². The van der Waals surface area contributed by atoms with E-state index in [4.69, 9.17) is 9.15 Å². The molecule has 0 aliphatic heterocycles. The summed E-state index contributed by atoms with van der Waals surface area (Å²) in [7, 11) is 0. The van der Waals surface area contributed by atoms with Gasteiger partial charge in [0.1, 0.15) is 0 Å². The van der Waals surface area contributed by atoms with Gasteiger partial charge in [-0.25, -0.2) is 4.79 Å². The number of esters is 1. The number of thiophene rings is 1. The summed E-state index contributed by atoms with van der Waals surface area (Å²) >= 11 is 1.50. The van der Waals surface area contributed by atoms with Crippen LogP contribution >= 0.6 is 11.3 Å². The van der Waals surface area contributed by atoms with Gasteiger partial charge in [-0.3, -0.25) is 4.98 Å². The van der Waals surface area contributed by atoms with Crippen molar-refractivity contribution in [3.63, 3.8) is 0 Å². The van der Waals surface area contributed by atoms with Gasteiger partial charge in [0, 0.05) is 11.1 Å². The fourth-order valence-electron chi connectivity index (χ4n) is 2.65. The van der Waals surface area contributed by atoms with Crippen molar-refractivity contribution in [1.29, 1.82) is 0 Å². The molecule has 0 aliphatic rings. The average molecular weight is 365 g/mol. The molecule has 0 saturated carbocycles. The number of rotatable bonds is 4. The number of hydrogen-bond donors (Lipinski definition) is 0. The van der Waals surface area contributed by atoms with Crippen LogP contribution in [0.1, 0.15) is 35.0 Å². The largest absolute Gasteiger partial charge is 0.449 e. The van der Waals surface area contributed by atoms with Crippen LogP contribution in [0.25, 0.3) is 21.7 Å². The Hall–Kier alpha value is -3.06. The highest BCUT2D eigenvalue weighted by atomic mass is 32.1. The molecule has 1 aromatic carbocycles. The van der Waals surface area contributed by atoms with Gasteiger partial charge in [-0.05, 0) is 37.4 Å². The summed E-state index contributed by atoms with van der Waals surface area (Å²) in [4.78, 5) is 18.0. The molecular weight excluding hydrogens is 350 g/mol. The van der Waals surface area contributed by atoms with Gasteiger partial charge in [0.05, 0.1) is 16.0 Å². The number of carbonyl (C=O) groups is 1. The first-order valence-corrected chi connectivity index (χ1v) is 8.94. The number of nitrogens with zero attached hydrogens (tertiary/aromatic N) is 3. The Kier molecular flexibility index (Phi) is 4.22. The van der Waals surface area contributed by atoms with Gasteiger partial charge in [0.15, 0.2) is 6.10 Å². The Balaban J connectivity index is 1.59. The number of aromatic nitrogens is 3. The molecular formula is C19H15N3O3S. The molecule has 0 saturated heterocycles. The van der Waals surface area contributed by atoms with Gasteiger partial charge in [-0.1, -0.05) is 24.3 Å². The molecule has 0 spiro atoms. The molecule has 4 rings (SSSR count). The van der Waals surface area contributed by atoms with E-state index >= 15 is 0 Å². The summed E-state index contributed by atoms with van der Waals surface area (Å²) < 4.78 is 11.2. The minimum Gasteiger partial charge on any atom is -0.449 e. The molecule has 0 aliphatic carbocycles. The Morgan fingerprint density at radius 2 is 2.04 bits per heavy atom. The predicted molar refractivity (Wildman–Crippen MR) is 97.9 cm³/mol. The Morgan fingerprint density at radius 3 is 2.85 bits per heavy atom. The third-order valence-electron chi connectivity index (χ3n) is 3.87. The lowest BCUT2D eigenvalue weighted by molar-refractivity contribution is 0.0282. The highest BCUT2D eigenvalue weighted by Gasteiger charge is 2.21. The van der Waals surface area contributed by atoms with E-state index in [1.54, 1.807) is 13.0 Å². The first-order valence-electron chi connectivity index (χ1n) is 8.06. The molecule has 0 radical (unpaired) electrons. The molecule has 1 atom stereocenters. The number of aryl methyl sites for hydroxylation is 1. The van der Waals surface area contributed by atoms with Crippen LogP contribution in [-0.4, -0.2) is 21.2 Å². The second-order valence-electron chi connectivity index (χ2n) is 5.80. The zero-order valence-electron chi connectivity index (χ0n) is 14.2. The molecule has 130 valence electrons. The number of hydrogen-bond acceptors (Lipinski definition) is 7. The van der Waals surface area contributed by atoms with Crippen LogP contribution < -0.4 is 0 Å². The second-order valence-corrected chi connectivity index (χ2v) is 6.75. The van der Waals surface area contributed by atoms with Gasteiger partial charge in [-0.2, -0.15) is 0 Å².